The number of amides is 1. The van der Waals surface area contributed by atoms with Gasteiger partial charge in [-0.15, -0.1) is 0 Å². The molecule has 1 rings (SSSR count). The molecule has 7 nitrogen and oxygen atoms in total. The third-order valence-corrected chi connectivity index (χ3v) is 3.12. The molecule has 1 amide bonds. The molecule has 0 spiro atoms. The predicted molar refractivity (Wildman–Crippen MR) is 77.1 cm³/mol. The van der Waals surface area contributed by atoms with Crippen LogP contribution >= 0.6 is 11.6 Å². The van der Waals surface area contributed by atoms with E-state index in [4.69, 9.17) is 22.4 Å². The number of carboxylic acids is 1. The van der Waals surface area contributed by atoms with E-state index in [-0.39, 0.29) is 40.7 Å². The van der Waals surface area contributed by atoms with Crippen LogP contribution in [0.2, 0.25) is 5.02 Å². The molecular formula is C13H17ClN2O5. The van der Waals surface area contributed by atoms with Crippen LogP contribution in [-0.2, 0) is 4.79 Å². The molecule has 0 aliphatic rings. The molecule has 0 saturated carbocycles. The molecule has 0 aliphatic carbocycles. The van der Waals surface area contributed by atoms with Gasteiger partial charge in [0.1, 0.15) is 6.10 Å². The molecule has 21 heavy (non-hydrogen) atoms. The summed E-state index contributed by atoms with van der Waals surface area (Å²) in [7, 11) is 0. The number of carbonyl (C=O) groups excluding carboxylic acids is 1. The Morgan fingerprint density at radius 1 is 1.38 bits per heavy atom. The first kappa shape index (κ1) is 17.2. The Labute approximate surface area is 126 Å². The lowest BCUT2D eigenvalue weighted by molar-refractivity contribution is -0.119. The Morgan fingerprint density at radius 3 is 2.52 bits per heavy atom. The van der Waals surface area contributed by atoms with E-state index in [2.05, 4.69) is 5.32 Å². The molecule has 0 bridgehead atoms. The fourth-order valence-electron chi connectivity index (χ4n) is 1.82. The van der Waals surface area contributed by atoms with Gasteiger partial charge in [0.2, 0.25) is 5.91 Å². The monoisotopic (exact) mass is 316 g/mol. The minimum absolute atomic E-state index is 0.0372. The molecule has 1 aromatic carbocycles. The van der Waals surface area contributed by atoms with Crippen LogP contribution in [0.4, 0.5) is 5.69 Å². The Morgan fingerprint density at radius 2 is 2.00 bits per heavy atom. The van der Waals surface area contributed by atoms with Crippen molar-refractivity contribution in [2.75, 3.05) is 12.3 Å². The Balaban J connectivity index is 2.93. The summed E-state index contributed by atoms with van der Waals surface area (Å²) < 4.78 is 0. The summed E-state index contributed by atoms with van der Waals surface area (Å²) in [5, 5.41) is 31.5. The lowest BCUT2D eigenvalue weighted by Gasteiger charge is -2.21. The van der Waals surface area contributed by atoms with Gasteiger partial charge in [0, 0.05) is 24.1 Å². The summed E-state index contributed by atoms with van der Waals surface area (Å²) in [5.74, 6) is -1.54. The van der Waals surface area contributed by atoms with E-state index < -0.39 is 18.2 Å². The van der Waals surface area contributed by atoms with Gasteiger partial charge in [0.25, 0.3) is 0 Å². The highest BCUT2D eigenvalue weighted by Gasteiger charge is 2.24. The fourth-order valence-corrected chi connectivity index (χ4v) is 2.05. The highest BCUT2D eigenvalue weighted by molar-refractivity contribution is 6.31. The highest BCUT2D eigenvalue weighted by atomic mass is 35.5. The number of benzene rings is 1. The van der Waals surface area contributed by atoms with Gasteiger partial charge < -0.3 is 26.4 Å². The summed E-state index contributed by atoms with van der Waals surface area (Å²) in [5.41, 5.74) is 5.33. The number of aromatic carboxylic acids is 1. The molecule has 0 heterocycles. The Kier molecular flexibility index (Phi) is 5.95. The largest absolute Gasteiger partial charge is 0.478 e. The second kappa shape index (κ2) is 7.26. The zero-order chi connectivity index (χ0) is 16.2. The van der Waals surface area contributed by atoms with Crippen LogP contribution < -0.4 is 11.1 Å². The molecule has 8 heteroatoms. The minimum atomic E-state index is -1.41. The van der Waals surface area contributed by atoms with Crippen molar-refractivity contribution < 1.29 is 24.9 Å². The molecule has 0 aromatic heterocycles. The number of carbonyl (C=O) groups is 2. The first-order valence-electron chi connectivity index (χ1n) is 6.16. The fraction of sp³-hybridized carbons (Fsp3) is 0.385. The highest BCUT2D eigenvalue weighted by Crippen LogP contribution is 2.30. The second-order valence-electron chi connectivity index (χ2n) is 4.55. The van der Waals surface area contributed by atoms with Crippen molar-refractivity contribution in [3.8, 4) is 0 Å². The van der Waals surface area contributed by atoms with E-state index in [0.29, 0.717) is 0 Å². The van der Waals surface area contributed by atoms with Crippen molar-refractivity contribution in [3.05, 3.63) is 28.3 Å². The van der Waals surface area contributed by atoms with Crippen LogP contribution in [0.25, 0.3) is 0 Å². The number of nitrogen functional groups attached to an aromatic ring is 1. The molecule has 0 aliphatic heterocycles. The van der Waals surface area contributed by atoms with Crippen LogP contribution in [0.3, 0.4) is 0 Å². The van der Waals surface area contributed by atoms with E-state index in [1.165, 1.54) is 19.1 Å². The number of carboxylic acid groups (broad SMARTS) is 1. The number of aliphatic hydroxyl groups excluding tert-OH is 2. The van der Waals surface area contributed by atoms with Crippen molar-refractivity contribution in [1.29, 1.82) is 0 Å². The lowest BCUT2D eigenvalue weighted by Crippen LogP contribution is -2.28. The lowest BCUT2D eigenvalue weighted by atomic mass is 9.97. The van der Waals surface area contributed by atoms with Gasteiger partial charge in [-0.1, -0.05) is 11.6 Å². The van der Waals surface area contributed by atoms with Crippen LogP contribution in [-0.4, -0.2) is 39.8 Å². The van der Waals surface area contributed by atoms with Gasteiger partial charge in [-0.05, 0) is 18.6 Å². The zero-order valence-corrected chi connectivity index (χ0v) is 12.1. The van der Waals surface area contributed by atoms with Crippen molar-refractivity contribution in [3.63, 3.8) is 0 Å². The third kappa shape index (κ3) is 4.59. The van der Waals surface area contributed by atoms with E-state index in [1.54, 1.807) is 0 Å². The molecule has 6 N–H and O–H groups in total. The SMILES string of the molecule is CC(=O)NCCC(O)C(O)c1cc(Cl)cc(C(=O)O)c1N. The number of hydrogen-bond acceptors (Lipinski definition) is 5. The third-order valence-electron chi connectivity index (χ3n) is 2.90. The number of rotatable bonds is 6. The minimum Gasteiger partial charge on any atom is -0.478 e. The maximum atomic E-state index is 11.0. The number of nitrogens with one attached hydrogen (secondary N) is 1. The van der Waals surface area contributed by atoms with Crippen molar-refractivity contribution in [2.24, 2.45) is 0 Å². The molecular weight excluding hydrogens is 300 g/mol. The molecule has 0 radical (unpaired) electrons. The van der Waals surface area contributed by atoms with Crippen LogP contribution in [0, 0.1) is 0 Å². The van der Waals surface area contributed by atoms with Crippen LogP contribution in [0.1, 0.15) is 35.4 Å². The van der Waals surface area contributed by atoms with Gasteiger partial charge in [-0.25, -0.2) is 4.79 Å². The molecule has 1 aromatic rings. The normalized spacial score (nSPS) is 13.5. The van der Waals surface area contributed by atoms with Gasteiger partial charge in [-0.3, -0.25) is 4.79 Å². The van der Waals surface area contributed by atoms with Gasteiger partial charge in [0.15, 0.2) is 0 Å². The second-order valence-corrected chi connectivity index (χ2v) is 4.98. The molecule has 0 saturated heterocycles. The quantitative estimate of drug-likeness (QED) is 0.486. The number of aliphatic hydroxyl groups is 2. The average Bonchev–Trinajstić information content (AvgIpc) is 2.39. The summed E-state index contributed by atoms with van der Waals surface area (Å²) in [6.45, 7) is 1.50. The summed E-state index contributed by atoms with van der Waals surface area (Å²) >= 11 is 5.79. The van der Waals surface area contributed by atoms with E-state index in [0.717, 1.165) is 0 Å². The van der Waals surface area contributed by atoms with E-state index in [1.807, 2.05) is 0 Å². The van der Waals surface area contributed by atoms with Crippen molar-refractivity contribution in [2.45, 2.75) is 25.6 Å². The summed E-state index contributed by atoms with van der Waals surface area (Å²) in [6.07, 6.45) is -2.55. The van der Waals surface area contributed by atoms with E-state index in [9.17, 15) is 19.8 Å². The zero-order valence-electron chi connectivity index (χ0n) is 11.3. The van der Waals surface area contributed by atoms with Gasteiger partial charge in [0.05, 0.1) is 17.4 Å². The topological polar surface area (TPSA) is 133 Å². The van der Waals surface area contributed by atoms with Gasteiger partial charge >= 0.3 is 5.97 Å². The molecule has 116 valence electrons. The number of halogens is 1. The summed E-state index contributed by atoms with van der Waals surface area (Å²) in [6, 6.07) is 2.47. The Hall–Kier alpha value is -1.83. The Bertz CT molecular complexity index is 550. The maximum Gasteiger partial charge on any atom is 0.337 e. The first-order chi connectivity index (χ1) is 9.73. The first-order valence-corrected chi connectivity index (χ1v) is 6.54. The number of nitrogens with two attached hydrogens (primary N) is 1. The number of anilines is 1. The average molecular weight is 317 g/mol. The predicted octanol–water partition coefficient (Wildman–Crippen LogP) is 0.541. The van der Waals surface area contributed by atoms with Crippen molar-refractivity contribution in [1.82, 2.24) is 5.32 Å². The summed E-state index contributed by atoms with van der Waals surface area (Å²) in [4.78, 5) is 21.8. The smallest absolute Gasteiger partial charge is 0.337 e. The van der Waals surface area contributed by atoms with Crippen molar-refractivity contribution >= 4 is 29.2 Å². The molecule has 0 fully saturated rings. The van der Waals surface area contributed by atoms with Gasteiger partial charge in [-0.2, -0.15) is 0 Å². The molecule has 2 atom stereocenters. The van der Waals surface area contributed by atoms with Crippen LogP contribution in [0.15, 0.2) is 12.1 Å². The van der Waals surface area contributed by atoms with E-state index >= 15 is 0 Å². The maximum absolute atomic E-state index is 11.0. The number of hydrogen-bond donors (Lipinski definition) is 5. The standard InChI is InChI=1S/C13H17ClN2O5/c1-6(17)16-3-2-10(18)12(19)8-4-7(14)5-9(11(8)15)13(20)21/h4-5,10,12,18-19H,2-3,15H2,1H3,(H,16,17)(H,20,21). The molecule has 2 unspecified atom stereocenters. The van der Waals surface area contributed by atoms with Crippen LogP contribution in [0.5, 0.6) is 0 Å².